The summed E-state index contributed by atoms with van der Waals surface area (Å²) in [5.41, 5.74) is 8.72. The van der Waals surface area contributed by atoms with Crippen LogP contribution >= 0.6 is 0 Å². The van der Waals surface area contributed by atoms with Gasteiger partial charge in [-0.2, -0.15) is 0 Å². The second-order valence-electron chi connectivity index (χ2n) is 8.45. The van der Waals surface area contributed by atoms with Crippen molar-refractivity contribution in [2.45, 2.75) is 51.4 Å². The minimum absolute atomic E-state index is 0.0983. The lowest BCUT2D eigenvalue weighted by Gasteiger charge is -2.33. The first-order valence-electron chi connectivity index (χ1n) is 11.1. The van der Waals surface area contributed by atoms with Crippen LogP contribution in [-0.4, -0.2) is 40.5 Å². The second-order valence-corrected chi connectivity index (χ2v) is 8.45. The Balaban J connectivity index is 1.92. The summed E-state index contributed by atoms with van der Waals surface area (Å²) < 4.78 is 10.9. The number of benzene rings is 2. The molecule has 1 aliphatic carbocycles. The van der Waals surface area contributed by atoms with E-state index >= 15 is 0 Å². The topological polar surface area (TPSA) is 30.5 Å². The first-order chi connectivity index (χ1) is 14.1. The molecule has 1 N–H and O–H groups in total. The molecule has 0 amide bonds. The van der Waals surface area contributed by atoms with Crippen LogP contribution in [0.3, 0.4) is 0 Å². The highest BCUT2D eigenvalue weighted by Crippen LogP contribution is 2.54. The van der Waals surface area contributed by atoms with Crippen molar-refractivity contribution in [3.05, 3.63) is 58.7 Å². The molecule has 0 unspecified atom stereocenters. The van der Waals surface area contributed by atoms with E-state index in [0.717, 1.165) is 26.0 Å². The Labute approximate surface area is 176 Å². The first-order valence-corrected chi connectivity index (χ1v) is 11.1. The van der Waals surface area contributed by atoms with Crippen molar-refractivity contribution >= 4 is 0 Å². The van der Waals surface area contributed by atoms with E-state index in [-0.39, 0.29) is 5.41 Å². The lowest BCUT2D eigenvalue weighted by molar-refractivity contribution is 0.0668. The van der Waals surface area contributed by atoms with Crippen molar-refractivity contribution in [1.82, 2.24) is 5.32 Å². The van der Waals surface area contributed by atoms with Gasteiger partial charge in [-0.1, -0.05) is 53.9 Å². The molecule has 3 nitrogen and oxygen atoms in total. The van der Waals surface area contributed by atoms with Crippen LogP contribution in [0.5, 0.6) is 0 Å². The van der Waals surface area contributed by atoms with E-state index in [9.17, 15) is 0 Å². The Morgan fingerprint density at radius 3 is 2.00 bits per heavy atom. The standard InChI is InChI=1S/C26H37NO2/c1-20-8-10-22-23-11-9-21(2)19-25(23)26(24(22)18-20,12-5-6-14-27-3)13-7-15-29-17-16-28-4/h8-11,18-19,27H,5-7,12-17H2,1-4H3. The lowest BCUT2D eigenvalue weighted by atomic mass is 9.70. The summed E-state index contributed by atoms with van der Waals surface area (Å²) in [6.07, 6.45) is 5.83. The van der Waals surface area contributed by atoms with E-state index in [2.05, 4.69) is 55.6 Å². The highest BCUT2D eigenvalue weighted by Gasteiger charge is 2.42. The third kappa shape index (κ3) is 4.91. The Bertz CT molecular complexity index is 748. The molecule has 1 aliphatic rings. The zero-order chi connectivity index (χ0) is 20.7. The maximum Gasteiger partial charge on any atom is 0.0700 e. The summed E-state index contributed by atoms with van der Waals surface area (Å²) in [5, 5.41) is 3.30. The van der Waals surface area contributed by atoms with Gasteiger partial charge in [0.15, 0.2) is 0 Å². The van der Waals surface area contributed by atoms with Gasteiger partial charge in [0, 0.05) is 19.1 Å². The molecule has 0 aromatic heterocycles. The average molecular weight is 396 g/mol. The normalized spacial score (nSPS) is 14.1. The van der Waals surface area contributed by atoms with Crippen LogP contribution in [0.4, 0.5) is 0 Å². The minimum Gasteiger partial charge on any atom is -0.382 e. The van der Waals surface area contributed by atoms with Crippen molar-refractivity contribution in [3.63, 3.8) is 0 Å². The third-order valence-corrected chi connectivity index (χ3v) is 6.28. The number of methoxy groups -OCH3 is 1. The van der Waals surface area contributed by atoms with Crippen molar-refractivity contribution < 1.29 is 9.47 Å². The van der Waals surface area contributed by atoms with Crippen LogP contribution in [0.25, 0.3) is 11.1 Å². The van der Waals surface area contributed by atoms with Gasteiger partial charge in [-0.25, -0.2) is 0 Å². The zero-order valence-corrected chi connectivity index (χ0v) is 18.6. The molecule has 0 spiro atoms. The zero-order valence-electron chi connectivity index (χ0n) is 18.6. The number of unbranched alkanes of at least 4 members (excludes halogenated alkanes) is 1. The highest BCUT2D eigenvalue weighted by molar-refractivity contribution is 5.81. The SMILES string of the molecule is CNCCCCC1(CCCOCCOC)c2cc(C)ccc2-c2ccc(C)cc21. The maximum atomic E-state index is 5.81. The fourth-order valence-corrected chi connectivity index (χ4v) is 4.84. The van der Waals surface area contributed by atoms with E-state index in [0.29, 0.717) is 13.2 Å². The molecule has 0 saturated carbocycles. The molecule has 3 rings (SSSR count). The molecule has 0 saturated heterocycles. The summed E-state index contributed by atoms with van der Waals surface area (Å²) >= 11 is 0. The van der Waals surface area contributed by atoms with Crippen LogP contribution in [0.2, 0.25) is 0 Å². The number of rotatable bonds is 12. The molecule has 29 heavy (non-hydrogen) atoms. The molecular weight excluding hydrogens is 358 g/mol. The van der Waals surface area contributed by atoms with Crippen molar-refractivity contribution in [1.29, 1.82) is 0 Å². The van der Waals surface area contributed by atoms with Gasteiger partial charge in [0.1, 0.15) is 0 Å². The molecule has 0 bridgehead atoms. The molecule has 0 aliphatic heterocycles. The van der Waals surface area contributed by atoms with Crippen molar-refractivity contribution in [2.75, 3.05) is 40.5 Å². The molecule has 2 aromatic rings. The monoisotopic (exact) mass is 395 g/mol. The third-order valence-electron chi connectivity index (χ3n) is 6.28. The highest BCUT2D eigenvalue weighted by atomic mass is 16.5. The largest absolute Gasteiger partial charge is 0.382 e. The molecule has 0 fully saturated rings. The molecule has 0 radical (unpaired) electrons. The van der Waals surface area contributed by atoms with E-state index in [1.54, 1.807) is 7.11 Å². The smallest absolute Gasteiger partial charge is 0.0700 e. The molecule has 0 atom stereocenters. The van der Waals surface area contributed by atoms with Gasteiger partial charge in [-0.3, -0.25) is 0 Å². The van der Waals surface area contributed by atoms with Gasteiger partial charge in [0.2, 0.25) is 0 Å². The van der Waals surface area contributed by atoms with Gasteiger partial charge >= 0.3 is 0 Å². The van der Waals surface area contributed by atoms with E-state index in [1.165, 1.54) is 52.6 Å². The lowest BCUT2D eigenvalue weighted by Crippen LogP contribution is -2.27. The van der Waals surface area contributed by atoms with Gasteiger partial charge in [0.25, 0.3) is 0 Å². The van der Waals surface area contributed by atoms with Crippen molar-refractivity contribution in [3.8, 4) is 11.1 Å². The van der Waals surface area contributed by atoms with Crippen LogP contribution in [0, 0.1) is 13.8 Å². The number of fused-ring (bicyclic) bond motifs is 3. The number of hydrogen-bond acceptors (Lipinski definition) is 3. The van der Waals surface area contributed by atoms with Gasteiger partial charge in [-0.15, -0.1) is 0 Å². The molecule has 2 aromatic carbocycles. The second kappa shape index (κ2) is 10.4. The summed E-state index contributed by atoms with van der Waals surface area (Å²) in [7, 11) is 3.76. The minimum atomic E-state index is 0.0983. The van der Waals surface area contributed by atoms with Crippen LogP contribution in [0.15, 0.2) is 36.4 Å². The summed E-state index contributed by atoms with van der Waals surface area (Å²) in [6, 6.07) is 14.1. The maximum absolute atomic E-state index is 5.81. The molecular formula is C26H37NO2. The fraction of sp³-hybridized carbons (Fsp3) is 0.538. The Morgan fingerprint density at radius 2 is 1.41 bits per heavy atom. The van der Waals surface area contributed by atoms with Crippen molar-refractivity contribution in [2.24, 2.45) is 0 Å². The number of nitrogens with one attached hydrogen (secondary N) is 1. The summed E-state index contributed by atoms with van der Waals surface area (Å²) in [4.78, 5) is 0. The van der Waals surface area contributed by atoms with E-state index < -0.39 is 0 Å². The summed E-state index contributed by atoms with van der Waals surface area (Å²) in [5.74, 6) is 0. The Kier molecular flexibility index (Phi) is 7.88. The quantitative estimate of drug-likeness (QED) is 0.488. The van der Waals surface area contributed by atoms with Gasteiger partial charge < -0.3 is 14.8 Å². The molecule has 3 heteroatoms. The van der Waals surface area contributed by atoms with Gasteiger partial charge in [-0.05, 0) is 75.4 Å². The molecule has 158 valence electrons. The van der Waals surface area contributed by atoms with E-state index in [4.69, 9.17) is 9.47 Å². The predicted octanol–water partition coefficient (Wildman–Crippen LogP) is 5.40. The van der Waals surface area contributed by atoms with Crippen LogP contribution in [0.1, 0.15) is 54.4 Å². The van der Waals surface area contributed by atoms with Crippen LogP contribution < -0.4 is 5.32 Å². The fourth-order valence-electron chi connectivity index (χ4n) is 4.84. The van der Waals surface area contributed by atoms with Crippen LogP contribution in [-0.2, 0) is 14.9 Å². The number of hydrogen-bond donors (Lipinski definition) is 1. The number of ether oxygens (including phenoxy) is 2. The Morgan fingerprint density at radius 1 is 0.793 bits per heavy atom. The van der Waals surface area contributed by atoms with E-state index in [1.807, 2.05) is 7.05 Å². The van der Waals surface area contributed by atoms with Gasteiger partial charge in [0.05, 0.1) is 13.2 Å². The average Bonchev–Trinajstić information content (AvgIpc) is 2.97. The molecule has 0 heterocycles. The number of aryl methyl sites for hydroxylation is 2. The predicted molar refractivity (Wildman–Crippen MR) is 122 cm³/mol. The summed E-state index contributed by atoms with van der Waals surface area (Å²) in [6.45, 7) is 7.65. The Hall–Kier alpha value is -1.68. The first kappa shape index (κ1) is 22.0.